The number of nitrogens with zero attached hydrogens (tertiary/aromatic N) is 3. The van der Waals surface area contributed by atoms with Crippen LogP contribution in [0.4, 0.5) is 14.7 Å². The summed E-state index contributed by atoms with van der Waals surface area (Å²) in [7, 11) is 0. The van der Waals surface area contributed by atoms with E-state index in [4.69, 9.17) is 5.73 Å². The average Bonchev–Trinajstić information content (AvgIpc) is 3.23. The summed E-state index contributed by atoms with van der Waals surface area (Å²) >= 11 is 0. The highest BCUT2D eigenvalue weighted by molar-refractivity contribution is 5.79. The van der Waals surface area contributed by atoms with Crippen molar-refractivity contribution in [3.8, 4) is 0 Å². The number of benzene rings is 2. The minimum absolute atomic E-state index is 0.0122. The summed E-state index contributed by atoms with van der Waals surface area (Å²) in [5, 5.41) is -0.259. The number of anilines is 1. The van der Waals surface area contributed by atoms with Gasteiger partial charge in [0, 0.05) is 44.1 Å². The molecule has 6 nitrogen and oxygen atoms in total. The van der Waals surface area contributed by atoms with E-state index < -0.39 is 23.1 Å². The minimum Gasteiger partial charge on any atom is -0.370 e. The van der Waals surface area contributed by atoms with E-state index in [2.05, 4.69) is 4.98 Å². The Morgan fingerprint density at radius 1 is 1.13 bits per heavy atom. The van der Waals surface area contributed by atoms with Crippen molar-refractivity contribution in [2.24, 2.45) is 5.73 Å². The number of primary amides is 1. The molecule has 0 spiro atoms. The monoisotopic (exact) mass is 412 g/mol. The fraction of sp³-hybridized carbons (Fsp3) is 0.318. The molecule has 30 heavy (non-hydrogen) atoms. The molecule has 1 amide bonds. The van der Waals surface area contributed by atoms with Gasteiger partial charge in [-0.1, -0.05) is 30.3 Å². The van der Waals surface area contributed by atoms with Gasteiger partial charge in [0.05, 0.1) is 5.52 Å². The molecule has 0 bridgehead atoms. The number of halogens is 2. The summed E-state index contributed by atoms with van der Waals surface area (Å²) in [5.41, 5.74) is 5.70. The quantitative estimate of drug-likeness (QED) is 0.675. The third kappa shape index (κ3) is 3.90. The van der Waals surface area contributed by atoms with Gasteiger partial charge in [-0.15, -0.1) is 0 Å². The highest BCUT2D eigenvalue weighted by Gasteiger charge is 2.25. The second kappa shape index (κ2) is 8.22. The maximum atomic E-state index is 14.5. The van der Waals surface area contributed by atoms with Crippen molar-refractivity contribution < 1.29 is 13.6 Å². The summed E-state index contributed by atoms with van der Waals surface area (Å²) < 4.78 is 29.6. The number of fused-ring (bicyclic) bond motifs is 1. The molecule has 156 valence electrons. The van der Waals surface area contributed by atoms with Gasteiger partial charge in [-0.25, -0.2) is 13.8 Å². The molecule has 3 aromatic rings. The Bertz CT molecular complexity index is 1140. The van der Waals surface area contributed by atoms with Crippen molar-refractivity contribution >= 4 is 22.8 Å². The number of carbonyl (C=O) groups excluding carboxylic acids is 1. The molecule has 2 heterocycles. The van der Waals surface area contributed by atoms with Crippen LogP contribution in [-0.4, -0.2) is 28.5 Å². The first-order valence-corrected chi connectivity index (χ1v) is 9.92. The fourth-order valence-electron chi connectivity index (χ4n) is 4.05. The number of hydrogen-bond donors (Lipinski definition) is 1. The van der Waals surface area contributed by atoms with E-state index in [0.29, 0.717) is 25.1 Å². The van der Waals surface area contributed by atoms with Gasteiger partial charge < -0.3 is 10.6 Å². The molecule has 0 radical (unpaired) electrons. The average molecular weight is 412 g/mol. The van der Waals surface area contributed by atoms with Crippen LogP contribution < -0.4 is 16.2 Å². The van der Waals surface area contributed by atoms with Crippen LogP contribution in [0.2, 0.25) is 0 Å². The van der Waals surface area contributed by atoms with Crippen LogP contribution in [0.3, 0.4) is 0 Å². The van der Waals surface area contributed by atoms with Crippen molar-refractivity contribution in [1.29, 1.82) is 0 Å². The Kier molecular flexibility index (Phi) is 5.48. The van der Waals surface area contributed by atoms with Crippen LogP contribution >= 0.6 is 0 Å². The van der Waals surface area contributed by atoms with Crippen LogP contribution in [0.25, 0.3) is 10.9 Å². The van der Waals surface area contributed by atoms with Crippen LogP contribution in [0.5, 0.6) is 0 Å². The molecule has 1 aliphatic heterocycles. The molecule has 2 N–H and O–H groups in total. The Labute approximate surface area is 171 Å². The Morgan fingerprint density at radius 2 is 1.83 bits per heavy atom. The Morgan fingerprint density at radius 3 is 2.50 bits per heavy atom. The van der Waals surface area contributed by atoms with Crippen LogP contribution in [-0.2, 0) is 11.3 Å². The lowest BCUT2D eigenvalue weighted by Gasteiger charge is -2.25. The van der Waals surface area contributed by atoms with E-state index in [1.165, 1.54) is 4.57 Å². The number of nitrogens with two attached hydrogens (primary N) is 1. The van der Waals surface area contributed by atoms with Gasteiger partial charge in [-0.3, -0.25) is 14.2 Å². The van der Waals surface area contributed by atoms with E-state index >= 15 is 0 Å². The van der Waals surface area contributed by atoms with Crippen molar-refractivity contribution in [1.82, 2.24) is 9.55 Å². The van der Waals surface area contributed by atoms with E-state index in [-0.39, 0.29) is 29.8 Å². The van der Waals surface area contributed by atoms with E-state index in [9.17, 15) is 18.4 Å². The Hall–Kier alpha value is -3.29. The molecule has 1 fully saturated rings. The predicted molar refractivity (Wildman–Crippen MR) is 110 cm³/mol. The molecular formula is C22H22F2N4O2. The van der Waals surface area contributed by atoms with Crippen molar-refractivity contribution in [2.75, 3.05) is 18.0 Å². The van der Waals surface area contributed by atoms with E-state index in [1.807, 2.05) is 35.2 Å². The molecule has 0 aliphatic carbocycles. The number of aromatic nitrogens is 2. The number of hydrogen-bond acceptors (Lipinski definition) is 4. The van der Waals surface area contributed by atoms with Gasteiger partial charge >= 0.3 is 0 Å². The van der Waals surface area contributed by atoms with Gasteiger partial charge in [0.2, 0.25) is 11.9 Å². The molecule has 1 aliphatic rings. The minimum atomic E-state index is -0.949. The topological polar surface area (TPSA) is 81.2 Å². The first-order chi connectivity index (χ1) is 14.4. The molecule has 8 heteroatoms. The van der Waals surface area contributed by atoms with Crippen molar-refractivity contribution in [2.45, 2.75) is 31.7 Å². The van der Waals surface area contributed by atoms with E-state index in [1.54, 1.807) is 0 Å². The van der Waals surface area contributed by atoms with Gasteiger partial charge in [-0.2, -0.15) is 0 Å². The lowest BCUT2D eigenvalue weighted by molar-refractivity contribution is -0.118. The maximum absolute atomic E-state index is 14.5. The predicted octanol–water partition coefficient (Wildman–Crippen LogP) is 2.93. The lowest BCUT2D eigenvalue weighted by Crippen LogP contribution is -2.33. The normalized spacial score (nSPS) is 14.9. The smallest absolute Gasteiger partial charge is 0.265 e. The van der Waals surface area contributed by atoms with Crippen LogP contribution in [0.15, 0.2) is 47.3 Å². The third-order valence-corrected chi connectivity index (χ3v) is 5.47. The summed E-state index contributed by atoms with van der Waals surface area (Å²) in [6.45, 7) is 1.50. The second-order valence-corrected chi connectivity index (χ2v) is 7.58. The third-order valence-electron chi connectivity index (χ3n) is 5.47. The molecule has 1 unspecified atom stereocenters. The van der Waals surface area contributed by atoms with Crippen LogP contribution in [0.1, 0.15) is 30.7 Å². The standard InChI is InChI=1S/C22H22F2N4O2/c23-16-11-17(24)20-18(12-16)26-22(27-8-4-5-9-27)28(21(20)30)13-15(10-19(25)29)14-6-2-1-3-7-14/h1-3,6-7,11-12,15H,4-5,8-10,13H2,(H2,25,29). The SMILES string of the molecule is NC(=O)CC(Cn1c(N2CCCC2)nc2cc(F)cc(F)c2c1=O)c1ccccc1. The zero-order chi connectivity index (χ0) is 21.3. The van der Waals surface area contributed by atoms with Crippen molar-refractivity contribution in [3.05, 3.63) is 70.0 Å². The van der Waals surface area contributed by atoms with Crippen LogP contribution in [0, 0.1) is 11.6 Å². The molecule has 1 atom stereocenters. The molecule has 0 saturated carbocycles. The Balaban J connectivity index is 1.89. The zero-order valence-corrected chi connectivity index (χ0v) is 16.4. The summed E-state index contributed by atoms with van der Waals surface area (Å²) in [6, 6.07) is 11.0. The highest BCUT2D eigenvalue weighted by atomic mass is 19.1. The van der Waals surface area contributed by atoms with Gasteiger partial charge in [0.15, 0.2) is 0 Å². The largest absolute Gasteiger partial charge is 0.370 e. The molecule has 4 rings (SSSR count). The van der Waals surface area contributed by atoms with Gasteiger partial charge in [-0.05, 0) is 18.4 Å². The number of amides is 1. The lowest BCUT2D eigenvalue weighted by atomic mass is 9.95. The van der Waals surface area contributed by atoms with Gasteiger partial charge in [0.25, 0.3) is 5.56 Å². The molecular weight excluding hydrogens is 390 g/mol. The molecule has 2 aromatic carbocycles. The summed E-state index contributed by atoms with van der Waals surface area (Å²) in [5.74, 6) is -2.25. The summed E-state index contributed by atoms with van der Waals surface area (Å²) in [4.78, 5) is 31.4. The molecule has 1 saturated heterocycles. The molecule has 1 aromatic heterocycles. The second-order valence-electron chi connectivity index (χ2n) is 7.58. The maximum Gasteiger partial charge on any atom is 0.265 e. The highest BCUT2D eigenvalue weighted by Crippen LogP contribution is 2.26. The zero-order valence-electron chi connectivity index (χ0n) is 16.4. The first-order valence-electron chi connectivity index (χ1n) is 9.92. The van der Waals surface area contributed by atoms with Crippen molar-refractivity contribution in [3.63, 3.8) is 0 Å². The summed E-state index contributed by atoms with van der Waals surface area (Å²) in [6.07, 6.45) is 1.91. The van der Waals surface area contributed by atoms with Gasteiger partial charge in [0.1, 0.15) is 17.0 Å². The fourth-order valence-corrected chi connectivity index (χ4v) is 4.05. The first kappa shape index (κ1) is 20.0. The number of rotatable bonds is 6. The van der Waals surface area contributed by atoms with E-state index in [0.717, 1.165) is 24.5 Å². The number of carbonyl (C=O) groups is 1.